The lowest BCUT2D eigenvalue weighted by Gasteiger charge is -2.12. The Morgan fingerprint density at radius 1 is 1.32 bits per heavy atom. The van der Waals surface area contributed by atoms with Crippen molar-refractivity contribution in [1.82, 2.24) is 9.47 Å². The summed E-state index contributed by atoms with van der Waals surface area (Å²) in [7, 11) is 1.89. The van der Waals surface area contributed by atoms with Crippen LogP contribution in [0.5, 0.6) is 0 Å². The van der Waals surface area contributed by atoms with Gasteiger partial charge in [-0.15, -0.1) is 0 Å². The van der Waals surface area contributed by atoms with Crippen molar-refractivity contribution in [3.05, 3.63) is 40.9 Å². The number of nitrogens with zero attached hydrogens (tertiary/aromatic N) is 2. The molecule has 0 radical (unpaired) electrons. The van der Waals surface area contributed by atoms with Gasteiger partial charge in [-0.3, -0.25) is 14.5 Å². The van der Waals surface area contributed by atoms with Crippen LogP contribution >= 0.6 is 11.8 Å². The van der Waals surface area contributed by atoms with E-state index in [9.17, 15) is 19.5 Å². The van der Waals surface area contributed by atoms with Gasteiger partial charge in [-0.2, -0.15) is 0 Å². The zero-order chi connectivity index (χ0) is 15.9. The standard InChI is InChI=1S/C15H12N2O4S/c1-16-7-9(10-4-2-3-5-11(10)16)6-12-14(20)17(8-13(18)19)15(21)22-12/h2-7H,8H2,1H3,(H,18,19)/p-1/b12-6+. The van der Waals surface area contributed by atoms with Crippen LogP contribution < -0.4 is 5.11 Å². The lowest BCUT2D eigenvalue weighted by Crippen LogP contribution is -2.40. The molecule has 2 heterocycles. The van der Waals surface area contributed by atoms with E-state index in [1.807, 2.05) is 42.1 Å². The van der Waals surface area contributed by atoms with Crippen LogP contribution in [-0.4, -0.2) is 33.1 Å². The Labute approximate surface area is 130 Å². The summed E-state index contributed by atoms with van der Waals surface area (Å²) in [6.07, 6.45) is 3.47. The fraction of sp³-hybridized carbons (Fsp3) is 0.133. The average Bonchev–Trinajstić information content (AvgIpc) is 2.92. The minimum atomic E-state index is -1.46. The van der Waals surface area contributed by atoms with E-state index in [0.29, 0.717) is 4.90 Å². The smallest absolute Gasteiger partial charge is 0.293 e. The average molecular weight is 315 g/mol. The number of benzene rings is 1. The maximum Gasteiger partial charge on any atom is 0.293 e. The zero-order valence-corrected chi connectivity index (χ0v) is 12.4. The van der Waals surface area contributed by atoms with Crippen LogP contribution in [0.1, 0.15) is 5.56 Å². The van der Waals surface area contributed by atoms with Gasteiger partial charge in [0.25, 0.3) is 11.1 Å². The molecule has 0 spiro atoms. The summed E-state index contributed by atoms with van der Waals surface area (Å²) in [4.78, 5) is 35.3. The summed E-state index contributed by atoms with van der Waals surface area (Å²) < 4.78 is 1.92. The number of thioether (sulfide) groups is 1. The summed E-state index contributed by atoms with van der Waals surface area (Å²) in [5.41, 5.74) is 1.81. The van der Waals surface area contributed by atoms with Gasteiger partial charge in [-0.1, -0.05) is 18.2 Å². The molecule has 1 fully saturated rings. The molecule has 0 N–H and O–H groups in total. The molecule has 0 bridgehead atoms. The zero-order valence-electron chi connectivity index (χ0n) is 11.6. The van der Waals surface area contributed by atoms with Crippen molar-refractivity contribution in [2.45, 2.75) is 0 Å². The van der Waals surface area contributed by atoms with Crippen molar-refractivity contribution in [1.29, 1.82) is 0 Å². The van der Waals surface area contributed by atoms with E-state index in [1.54, 1.807) is 6.08 Å². The second kappa shape index (κ2) is 5.34. The Morgan fingerprint density at radius 2 is 2.05 bits per heavy atom. The van der Waals surface area contributed by atoms with E-state index in [2.05, 4.69) is 0 Å². The van der Waals surface area contributed by atoms with Crippen molar-refractivity contribution in [3.63, 3.8) is 0 Å². The molecule has 1 aliphatic heterocycles. The van der Waals surface area contributed by atoms with Gasteiger partial charge in [0.05, 0.1) is 17.4 Å². The monoisotopic (exact) mass is 315 g/mol. The Bertz CT molecular complexity index is 837. The van der Waals surface area contributed by atoms with E-state index in [1.165, 1.54) is 0 Å². The number of aryl methyl sites for hydroxylation is 1. The summed E-state index contributed by atoms with van der Waals surface area (Å²) >= 11 is 0.735. The lowest BCUT2D eigenvalue weighted by atomic mass is 10.1. The highest BCUT2D eigenvalue weighted by Gasteiger charge is 2.35. The number of para-hydroxylation sites is 1. The van der Waals surface area contributed by atoms with Gasteiger partial charge in [0.1, 0.15) is 0 Å². The molecule has 0 aliphatic carbocycles. The Balaban J connectivity index is 2.00. The summed E-state index contributed by atoms with van der Waals surface area (Å²) in [6.45, 7) is -0.725. The molecule has 2 amide bonds. The van der Waals surface area contributed by atoms with Gasteiger partial charge >= 0.3 is 0 Å². The molecule has 7 heteroatoms. The maximum atomic E-state index is 12.1. The highest BCUT2D eigenvalue weighted by Crippen LogP contribution is 2.33. The van der Waals surface area contributed by atoms with E-state index in [-0.39, 0.29) is 4.91 Å². The molecule has 22 heavy (non-hydrogen) atoms. The molecule has 3 rings (SSSR count). The minimum absolute atomic E-state index is 0.211. The number of aromatic nitrogens is 1. The number of imide groups is 1. The van der Waals surface area contributed by atoms with Gasteiger partial charge in [0, 0.05) is 29.7 Å². The van der Waals surface area contributed by atoms with Crippen molar-refractivity contribution in [2.75, 3.05) is 6.54 Å². The molecule has 0 atom stereocenters. The van der Waals surface area contributed by atoms with Crippen LogP contribution in [0, 0.1) is 0 Å². The Hall–Kier alpha value is -2.54. The van der Waals surface area contributed by atoms with Gasteiger partial charge in [0.15, 0.2) is 0 Å². The first kappa shape index (κ1) is 14.4. The molecule has 1 saturated heterocycles. The summed E-state index contributed by atoms with van der Waals surface area (Å²) in [6, 6.07) is 7.68. The van der Waals surface area contributed by atoms with Gasteiger partial charge in [0.2, 0.25) is 0 Å². The number of carbonyl (C=O) groups excluding carboxylic acids is 3. The third-order valence-electron chi connectivity index (χ3n) is 3.38. The first-order chi connectivity index (χ1) is 10.5. The molecule has 1 aliphatic rings. The minimum Gasteiger partial charge on any atom is -0.548 e. The SMILES string of the molecule is Cn1cc(/C=C2/SC(=O)N(CC(=O)[O-])C2=O)c2ccccc21. The normalized spacial score (nSPS) is 17.0. The molecular weight excluding hydrogens is 304 g/mol. The van der Waals surface area contributed by atoms with E-state index in [0.717, 1.165) is 28.2 Å². The van der Waals surface area contributed by atoms with E-state index in [4.69, 9.17) is 0 Å². The van der Waals surface area contributed by atoms with Crippen LogP contribution in [-0.2, 0) is 16.6 Å². The lowest BCUT2D eigenvalue weighted by molar-refractivity contribution is -0.305. The van der Waals surface area contributed by atoms with Crippen LogP contribution in [0.4, 0.5) is 4.79 Å². The van der Waals surface area contributed by atoms with Crippen LogP contribution in [0.2, 0.25) is 0 Å². The van der Waals surface area contributed by atoms with Crippen molar-refractivity contribution < 1.29 is 19.5 Å². The Morgan fingerprint density at radius 3 is 2.77 bits per heavy atom. The predicted molar refractivity (Wildman–Crippen MR) is 80.6 cm³/mol. The van der Waals surface area contributed by atoms with Crippen molar-refractivity contribution in [3.8, 4) is 0 Å². The van der Waals surface area contributed by atoms with Crippen LogP contribution in [0.15, 0.2) is 35.4 Å². The van der Waals surface area contributed by atoms with E-state index < -0.39 is 23.7 Å². The number of fused-ring (bicyclic) bond motifs is 1. The fourth-order valence-corrected chi connectivity index (χ4v) is 3.22. The van der Waals surface area contributed by atoms with Crippen molar-refractivity contribution in [2.24, 2.45) is 7.05 Å². The molecule has 6 nitrogen and oxygen atoms in total. The first-order valence-electron chi connectivity index (χ1n) is 6.46. The molecular formula is C15H11N2O4S-. The summed E-state index contributed by atoms with van der Waals surface area (Å²) in [5, 5.41) is 11.0. The highest BCUT2D eigenvalue weighted by atomic mass is 32.2. The maximum absolute atomic E-state index is 12.1. The van der Waals surface area contributed by atoms with Gasteiger partial charge in [-0.25, -0.2) is 0 Å². The van der Waals surface area contributed by atoms with Crippen molar-refractivity contribution >= 4 is 45.9 Å². The number of aliphatic carboxylic acids is 1. The number of hydrogen-bond acceptors (Lipinski definition) is 5. The second-order valence-electron chi connectivity index (χ2n) is 4.85. The highest BCUT2D eigenvalue weighted by molar-refractivity contribution is 8.18. The molecule has 0 saturated carbocycles. The molecule has 0 unspecified atom stereocenters. The number of carbonyl (C=O) groups is 3. The number of rotatable bonds is 3. The largest absolute Gasteiger partial charge is 0.548 e. The number of carboxylic acids is 1. The third-order valence-corrected chi connectivity index (χ3v) is 4.28. The predicted octanol–water partition coefficient (Wildman–Crippen LogP) is 0.964. The number of carboxylic acid groups (broad SMARTS) is 1. The third kappa shape index (κ3) is 2.39. The fourth-order valence-electron chi connectivity index (χ4n) is 2.39. The molecule has 1 aromatic carbocycles. The molecule has 2 aromatic rings. The Kier molecular flexibility index (Phi) is 3.50. The van der Waals surface area contributed by atoms with Gasteiger partial charge in [-0.05, 0) is 23.9 Å². The molecule has 112 valence electrons. The van der Waals surface area contributed by atoms with E-state index >= 15 is 0 Å². The summed E-state index contributed by atoms with van der Waals surface area (Å²) in [5.74, 6) is -2.07. The van der Waals surface area contributed by atoms with Crippen LogP contribution in [0.25, 0.3) is 17.0 Å². The van der Waals surface area contributed by atoms with Gasteiger partial charge < -0.3 is 14.5 Å². The number of amides is 2. The second-order valence-corrected chi connectivity index (χ2v) is 5.85. The molecule has 1 aromatic heterocycles. The topological polar surface area (TPSA) is 82.4 Å². The number of hydrogen-bond donors (Lipinski definition) is 0. The first-order valence-corrected chi connectivity index (χ1v) is 7.28. The quantitative estimate of drug-likeness (QED) is 0.788. The van der Waals surface area contributed by atoms with Crippen LogP contribution in [0.3, 0.4) is 0 Å².